The van der Waals surface area contributed by atoms with Gasteiger partial charge in [-0.3, -0.25) is 4.79 Å². The number of benzene rings is 1. The van der Waals surface area contributed by atoms with E-state index >= 15 is 0 Å². The number of carbonyl (C=O) groups is 1. The summed E-state index contributed by atoms with van der Waals surface area (Å²) >= 11 is 1.37. The Morgan fingerprint density at radius 2 is 2.33 bits per heavy atom. The highest BCUT2D eigenvalue weighted by molar-refractivity contribution is 7.98. The predicted molar refractivity (Wildman–Crippen MR) is 57.5 cm³/mol. The second-order valence-corrected chi connectivity index (χ2v) is 3.92. The van der Waals surface area contributed by atoms with Crippen LogP contribution >= 0.6 is 11.8 Å². The molecule has 5 heteroatoms. The molecule has 0 fully saturated rings. The fraction of sp³-hybridized carbons (Fsp3) is 0.300. The van der Waals surface area contributed by atoms with Gasteiger partial charge in [0.1, 0.15) is 11.9 Å². The number of rotatable bonds is 4. The van der Waals surface area contributed by atoms with E-state index in [1.807, 2.05) is 6.26 Å². The van der Waals surface area contributed by atoms with E-state index < -0.39 is 17.8 Å². The fourth-order valence-electron chi connectivity index (χ4n) is 1.24. The lowest BCUT2D eigenvalue weighted by molar-refractivity contribution is -0.138. The van der Waals surface area contributed by atoms with Crippen LogP contribution < -0.4 is 5.73 Å². The molecule has 0 spiro atoms. The molecular formula is C10H12FNO2S. The monoisotopic (exact) mass is 229 g/mol. The number of hydrogen-bond donors (Lipinski definition) is 2. The van der Waals surface area contributed by atoms with Crippen LogP contribution in [0.5, 0.6) is 0 Å². The maximum absolute atomic E-state index is 13.4. The Bertz CT molecular complexity index is 370. The topological polar surface area (TPSA) is 63.3 Å². The Morgan fingerprint density at radius 1 is 1.67 bits per heavy atom. The molecule has 1 rings (SSSR count). The minimum atomic E-state index is -1.12. The molecule has 0 aliphatic heterocycles. The number of hydrogen-bond acceptors (Lipinski definition) is 3. The van der Waals surface area contributed by atoms with E-state index in [0.717, 1.165) is 4.90 Å². The molecule has 0 aromatic heterocycles. The molecule has 0 aliphatic rings. The molecule has 0 heterocycles. The molecule has 82 valence electrons. The Morgan fingerprint density at radius 3 is 2.87 bits per heavy atom. The first-order valence-corrected chi connectivity index (χ1v) is 5.58. The number of carboxylic acids is 1. The summed E-state index contributed by atoms with van der Waals surface area (Å²) in [4.78, 5) is 11.3. The summed E-state index contributed by atoms with van der Waals surface area (Å²) < 4.78 is 13.4. The third kappa shape index (κ3) is 2.94. The first-order chi connectivity index (χ1) is 7.06. The van der Waals surface area contributed by atoms with Crippen molar-refractivity contribution >= 4 is 17.7 Å². The summed E-state index contributed by atoms with van der Waals surface area (Å²) in [5, 5.41) is 8.64. The third-order valence-electron chi connectivity index (χ3n) is 2.04. The van der Waals surface area contributed by atoms with Crippen LogP contribution in [0.15, 0.2) is 23.1 Å². The van der Waals surface area contributed by atoms with E-state index in [9.17, 15) is 9.18 Å². The van der Waals surface area contributed by atoms with E-state index in [4.69, 9.17) is 10.8 Å². The Kier molecular flexibility index (Phi) is 4.11. The zero-order valence-corrected chi connectivity index (χ0v) is 9.05. The zero-order valence-electron chi connectivity index (χ0n) is 8.24. The van der Waals surface area contributed by atoms with Crippen molar-refractivity contribution in [2.24, 2.45) is 5.73 Å². The van der Waals surface area contributed by atoms with Gasteiger partial charge in [-0.1, -0.05) is 6.07 Å². The van der Waals surface area contributed by atoms with Crippen molar-refractivity contribution in [3.8, 4) is 0 Å². The highest BCUT2D eigenvalue weighted by Gasteiger charge is 2.17. The molecule has 0 amide bonds. The Hall–Kier alpha value is -1.07. The van der Waals surface area contributed by atoms with Gasteiger partial charge < -0.3 is 10.8 Å². The predicted octanol–water partition coefficient (Wildman–Crippen LogP) is 1.50. The molecular weight excluding hydrogens is 217 g/mol. The first kappa shape index (κ1) is 12.0. The van der Waals surface area contributed by atoms with Gasteiger partial charge in [0.05, 0.1) is 0 Å². The molecule has 0 aliphatic carbocycles. The van der Waals surface area contributed by atoms with Crippen molar-refractivity contribution < 1.29 is 14.3 Å². The lowest BCUT2D eigenvalue weighted by Gasteiger charge is -2.11. The highest BCUT2D eigenvalue weighted by atomic mass is 32.2. The summed E-state index contributed by atoms with van der Waals surface area (Å²) in [5.74, 6) is -1.52. The molecule has 15 heavy (non-hydrogen) atoms. The SMILES string of the molecule is CSc1cccc(F)c1CC(N)C(=O)O. The quantitative estimate of drug-likeness (QED) is 0.768. The van der Waals surface area contributed by atoms with E-state index in [0.29, 0.717) is 5.56 Å². The molecule has 0 radical (unpaired) electrons. The largest absolute Gasteiger partial charge is 0.480 e. The second-order valence-electron chi connectivity index (χ2n) is 3.07. The maximum Gasteiger partial charge on any atom is 0.320 e. The number of thioether (sulfide) groups is 1. The van der Waals surface area contributed by atoms with Crippen molar-refractivity contribution in [2.75, 3.05) is 6.26 Å². The van der Waals surface area contributed by atoms with Crippen molar-refractivity contribution in [3.05, 3.63) is 29.6 Å². The van der Waals surface area contributed by atoms with E-state index in [2.05, 4.69) is 0 Å². The van der Waals surface area contributed by atoms with Gasteiger partial charge in [-0.25, -0.2) is 4.39 Å². The third-order valence-corrected chi connectivity index (χ3v) is 2.86. The molecule has 1 aromatic carbocycles. The molecule has 1 atom stereocenters. The van der Waals surface area contributed by atoms with Crippen LogP contribution in [0.2, 0.25) is 0 Å². The first-order valence-electron chi connectivity index (χ1n) is 4.36. The van der Waals surface area contributed by atoms with Gasteiger partial charge in [-0.05, 0) is 18.4 Å². The van der Waals surface area contributed by atoms with Gasteiger partial charge in [0.2, 0.25) is 0 Å². The average Bonchev–Trinajstić information content (AvgIpc) is 2.20. The molecule has 0 saturated carbocycles. The Balaban J connectivity index is 2.97. The van der Waals surface area contributed by atoms with Crippen molar-refractivity contribution in [2.45, 2.75) is 17.4 Å². The van der Waals surface area contributed by atoms with Crippen molar-refractivity contribution in [1.82, 2.24) is 0 Å². The summed E-state index contributed by atoms with van der Waals surface area (Å²) in [6.07, 6.45) is 1.82. The zero-order chi connectivity index (χ0) is 11.4. The lowest BCUT2D eigenvalue weighted by Crippen LogP contribution is -2.32. The van der Waals surface area contributed by atoms with Crippen LogP contribution in [-0.4, -0.2) is 23.4 Å². The summed E-state index contributed by atoms with van der Waals surface area (Å²) in [6.45, 7) is 0. The van der Waals surface area contributed by atoms with Gasteiger partial charge >= 0.3 is 5.97 Å². The minimum Gasteiger partial charge on any atom is -0.480 e. The van der Waals surface area contributed by atoms with Crippen molar-refractivity contribution in [1.29, 1.82) is 0 Å². The minimum absolute atomic E-state index is 0.0121. The van der Waals surface area contributed by atoms with Crippen LogP contribution in [0.3, 0.4) is 0 Å². The van der Waals surface area contributed by atoms with E-state index in [1.165, 1.54) is 17.8 Å². The number of carboxylic acid groups (broad SMARTS) is 1. The van der Waals surface area contributed by atoms with Gasteiger partial charge in [0.15, 0.2) is 0 Å². The normalized spacial score (nSPS) is 12.5. The van der Waals surface area contributed by atoms with Crippen molar-refractivity contribution in [3.63, 3.8) is 0 Å². The highest BCUT2D eigenvalue weighted by Crippen LogP contribution is 2.23. The molecule has 0 saturated heterocycles. The smallest absolute Gasteiger partial charge is 0.320 e. The standard InChI is InChI=1S/C10H12FNO2S/c1-15-9-4-2-3-7(11)6(9)5-8(12)10(13)14/h2-4,8H,5,12H2,1H3,(H,13,14). The van der Waals surface area contributed by atoms with Gasteiger partial charge in [-0.2, -0.15) is 0 Å². The average molecular weight is 229 g/mol. The number of aliphatic carboxylic acids is 1. The fourth-order valence-corrected chi connectivity index (χ4v) is 1.88. The maximum atomic E-state index is 13.4. The van der Waals surface area contributed by atoms with Crippen LogP contribution in [0.4, 0.5) is 4.39 Å². The van der Waals surface area contributed by atoms with Crippen LogP contribution in [0.25, 0.3) is 0 Å². The van der Waals surface area contributed by atoms with Gasteiger partial charge in [-0.15, -0.1) is 11.8 Å². The number of nitrogens with two attached hydrogens (primary N) is 1. The molecule has 1 unspecified atom stereocenters. The number of halogens is 1. The van der Waals surface area contributed by atoms with Crippen LogP contribution in [0, 0.1) is 5.82 Å². The molecule has 1 aromatic rings. The summed E-state index contributed by atoms with van der Waals surface area (Å²) in [6, 6.07) is 3.59. The van der Waals surface area contributed by atoms with Crippen LogP contribution in [0.1, 0.15) is 5.56 Å². The molecule has 0 bridgehead atoms. The molecule has 3 nitrogen and oxygen atoms in total. The van der Waals surface area contributed by atoms with Gasteiger partial charge in [0.25, 0.3) is 0 Å². The van der Waals surface area contributed by atoms with Gasteiger partial charge in [0, 0.05) is 16.9 Å². The Labute approximate surface area is 91.5 Å². The van der Waals surface area contributed by atoms with E-state index in [1.54, 1.807) is 12.1 Å². The molecule has 3 N–H and O–H groups in total. The lowest BCUT2D eigenvalue weighted by atomic mass is 10.1. The van der Waals surface area contributed by atoms with E-state index in [-0.39, 0.29) is 6.42 Å². The van der Waals surface area contributed by atoms with Crippen LogP contribution in [-0.2, 0) is 11.2 Å². The summed E-state index contributed by atoms with van der Waals surface area (Å²) in [5.41, 5.74) is 5.74. The second kappa shape index (κ2) is 5.14. The summed E-state index contributed by atoms with van der Waals surface area (Å²) in [7, 11) is 0.